The van der Waals surface area contributed by atoms with Crippen molar-refractivity contribution in [1.29, 1.82) is 0 Å². The van der Waals surface area contributed by atoms with E-state index >= 15 is 0 Å². The highest BCUT2D eigenvalue weighted by Gasteiger charge is 2.24. The molecule has 7 heteroatoms. The van der Waals surface area contributed by atoms with Gasteiger partial charge in [0.2, 0.25) is 0 Å². The minimum Gasteiger partial charge on any atom is -0.493 e. The second-order valence-electron chi connectivity index (χ2n) is 8.77. The second-order valence-corrected chi connectivity index (χ2v) is 8.77. The van der Waals surface area contributed by atoms with E-state index < -0.39 is 17.0 Å². The number of rotatable bonds is 10. The maximum Gasteiger partial charge on any atom is 0.261 e. The highest BCUT2D eigenvalue weighted by atomic mass is 19.1. The van der Waals surface area contributed by atoms with Crippen LogP contribution in [0.3, 0.4) is 0 Å². The van der Waals surface area contributed by atoms with Gasteiger partial charge in [0.1, 0.15) is 11.4 Å². The summed E-state index contributed by atoms with van der Waals surface area (Å²) in [5, 5.41) is 3.59. The molecule has 0 aliphatic carbocycles. The third kappa shape index (κ3) is 6.12. The summed E-state index contributed by atoms with van der Waals surface area (Å²) in [6.07, 6.45) is 3.49. The average Bonchev–Trinajstić information content (AvgIpc) is 2.77. The SMILES string of the molecule is CCCCCOc1c(OC)ccc2cc(C(=O)NC(C)(C)Cc3ccc(F)cc3)c(=O)[nH]c12. The summed E-state index contributed by atoms with van der Waals surface area (Å²) in [6.45, 7) is 6.34. The number of fused-ring (bicyclic) bond motifs is 1. The first-order valence-electron chi connectivity index (χ1n) is 11.2. The van der Waals surface area contributed by atoms with Crippen molar-refractivity contribution in [3.8, 4) is 11.5 Å². The van der Waals surface area contributed by atoms with Crippen LogP contribution in [0.5, 0.6) is 11.5 Å². The molecule has 3 aromatic rings. The van der Waals surface area contributed by atoms with Crippen LogP contribution in [-0.2, 0) is 6.42 Å². The van der Waals surface area contributed by atoms with Crippen LogP contribution in [0.15, 0.2) is 47.3 Å². The minimum atomic E-state index is -0.649. The molecule has 33 heavy (non-hydrogen) atoms. The molecule has 0 aliphatic heterocycles. The molecule has 0 spiro atoms. The molecule has 2 aromatic carbocycles. The number of ether oxygens (including phenoxy) is 2. The third-order valence-corrected chi connectivity index (χ3v) is 5.41. The predicted octanol–water partition coefficient (Wildman–Crippen LogP) is 5.00. The number of aromatic nitrogens is 1. The summed E-state index contributed by atoms with van der Waals surface area (Å²) >= 11 is 0. The Kier molecular flexibility index (Phi) is 7.74. The molecule has 1 heterocycles. The standard InChI is InChI=1S/C26H31FN2O4/c1-5-6-7-14-33-23-21(32-4)13-10-18-15-20(24(30)28-22(18)23)25(31)29-26(2,3)16-17-8-11-19(27)12-9-17/h8-13,15H,5-7,14,16H2,1-4H3,(H,28,30)(H,29,31). The van der Waals surface area contributed by atoms with E-state index in [1.54, 1.807) is 37.4 Å². The molecule has 0 atom stereocenters. The number of methoxy groups -OCH3 is 1. The molecular weight excluding hydrogens is 423 g/mol. The number of amides is 1. The summed E-state index contributed by atoms with van der Waals surface area (Å²) in [7, 11) is 1.54. The van der Waals surface area contributed by atoms with Gasteiger partial charge in [-0.2, -0.15) is 0 Å². The molecule has 1 aromatic heterocycles. The van der Waals surface area contributed by atoms with Crippen LogP contribution in [0.4, 0.5) is 4.39 Å². The lowest BCUT2D eigenvalue weighted by Gasteiger charge is -2.26. The van der Waals surface area contributed by atoms with Crippen LogP contribution in [0, 0.1) is 5.82 Å². The average molecular weight is 455 g/mol. The predicted molar refractivity (Wildman–Crippen MR) is 128 cm³/mol. The summed E-state index contributed by atoms with van der Waals surface area (Å²) in [5.41, 5.74) is 0.231. The van der Waals surface area contributed by atoms with E-state index in [1.165, 1.54) is 12.1 Å². The Hall–Kier alpha value is -3.35. The van der Waals surface area contributed by atoms with E-state index in [0.29, 0.717) is 35.4 Å². The number of benzene rings is 2. The van der Waals surface area contributed by atoms with Gasteiger partial charge >= 0.3 is 0 Å². The number of hydrogen-bond donors (Lipinski definition) is 2. The summed E-state index contributed by atoms with van der Waals surface area (Å²) in [6, 6.07) is 11.2. The minimum absolute atomic E-state index is 0.0109. The van der Waals surface area contributed by atoms with Crippen molar-refractivity contribution < 1.29 is 18.7 Å². The topological polar surface area (TPSA) is 80.4 Å². The lowest BCUT2D eigenvalue weighted by atomic mass is 9.94. The van der Waals surface area contributed by atoms with E-state index in [1.807, 2.05) is 13.8 Å². The van der Waals surface area contributed by atoms with Crippen molar-refractivity contribution in [1.82, 2.24) is 10.3 Å². The van der Waals surface area contributed by atoms with Crippen LogP contribution in [0.25, 0.3) is 10.9 Å². The Morgan fingerprint density at radius 2 is 1.85 bits per heavy atom. The third-order valence-electron chi connectivity index (χ3n) is 5.41. The van der Waals surface area contributed by atoms with Crippen molar-refractivity contribution in [3.63, 3.8) is 0 Å². The zero-order chi connectivity index (χ0) is 24.0. The number of hydrogen-bond acceptors (Lipinski definition) is 4. The van der Waals surface area contributed by atoms with Crippen molar-refractivity contribution >= 4 is 16.8 Å². The molecular formula is C26H31FN2O4. The molecule has 0 fully saturated rings. The molecule has 0 radical (unpaired) electrons. The molecule has 6 nitrogen and oxygen atoms in total. The van der Waals surface area contributed by atoms with Crippen LogP contribution in [0.1, 0.15) is 56.0 Å². The fourth-order valence-electron chi connectivity index (χ4n) is 3.76. The van der Waals surface area contributed by atoms with Gasteiger partial charge in [0.05, 0.1) is 19.2 Å². The molecule has 0 saturated carbocycles. The first-order chi connectivity index (χ1) is 15.7. The molecule has 2 N–H and O–H groups in total. The van der Waals surface area contributed by atoms with Gasteiger partial charge in [-0.15, -0.1) is 0 Å². The van der Waals surface area contributed by atoms with Gasteiger partial charge in [0.15, 0.2) is 11.5 Å². The van der Waals surface area contributed by atoms with E-state index in [2.05, 4.69) is 17.2 Å². The Labute approximate surface area is 193 Å². The first kappa shape index (κ1) is 24.3. The van der Waals surface area contributed by atoms with E-state index in [-0.39, 0.29) is 11.4 Å². The zero-order valence-electron chi connectivity index (χ0n) is 19.6. The van der Waals surface area contributed by atoms with Crippen molar-refractivity contribution in [3.05, 3.63) is 69.8 Å². The van der Waals surface area contributed by atoms with Gasteiger partial charge in [-0.3, -0.25) is 9.59 Å². The fourth-order valence-corrected chi connectivity index (χ4v) is 3.76. The quantitative estimate of drug-likeness (QED) is 0.423. The van der Waals surface area contributed by atoms with Gasteiger partial charge in [-0.1, -0.05) is 31.9 Å². The van der Waals surface area contributed by atoms with Crippen LogP contribution < -0.4 is 20.3 Å². The Balaban J connectivity index is 1.85. The lowest BCUT2D eigenvalue weighted by molar-refractivity contribution is 0.0911. The monoisotopic (exact) mass is 454 g/mol. The number of aromatic amines is 1. The zero-order valence-corrected chi connectivity index (χ0v) is 19.6. The van der Waals surface area contributed by atoms with E-state index in [4.69, 9.17) is 9.47 Å². The largest absolute Gasteiger partial charge is 0.493 e. The Bertz CT molecular complexity index is 1170. The van der Waals surface area contributed by atoms with Crippen molar-refractivity contribution in [2.45, 2.75) is 52.0 Å². The molecule has 0 saturated heterocycles. The molecule has 0 bridgehead atoms. The van der Waals surface area contributed by atoms with Crippen LogP contribution in [-0.4, -0.2) is 30.1 Å². The molecule has 0 aliphatic rings. The normalized spacial score (nSPS) is 11.4. The van der Waals surface area contributed by atoms with Crippen molar-refractivity contribution in [2.75, 3.05) is 13.7 Å². The number of halogens is 1. The van der Waals surface area contributed by atoms with Crippen LogP contribution >= 0.6 is 0 Å². The van der Waals surface area contributed by atoms with Gasteiger partial charge in [-0.25, -0.2) is 4.39 Å². The maximum absolute atomic E-state index is 13.2. The molecule has 176 valence electrons. The smallest absolute Gasteiger partial charge is 0.261 e. The Morgan fingerprint density at radius 3 is 2.52 bits per heavy atom. The number of H-pyrrole nitrogens is 1. The lowest BCUT2D eigenvalue weighted by Crippen LogP contribution is -2.46. The van der Waals surface area contributed by atoms with E-state index in [0.717, 1.165) is 24.8 Å². The summed E-state index contributed by atoms with van der Waals surface area (Å²) < 4.78 is 24.5. The molecule has 0 unspecified atom stereocenters. The van der Waals surface area contributed by atoms with Gasteiger partial charge in [0, 0.05) is 10.9 Å². The first-order valence-corrected chi connectivity index (χ1v) is 11.2. The summed E-state index contributed by atoms with van der Waals surface area (Å²) in [5.74, 6) is 0.194. The molecule has 1 amide bonds. The summed E-state index contributed by atoms with van der Waals surface area (Å²) in [4.78, 5) is 28.6. The van der Waals surface area contributed by atoms with Crippen molar-refractivity contribution in [2.24, 2.45) is 0 Å². The maximum atomic E-state index is 13.2. The highest BCUT2D eigenvalue weighted by molar-refractivity contribution is 5.99. The number of pyridine rings is 1. The number of carbonyl (C=O) groups is 1. The molecule has 3 rings (SSSR count). The fraction of sp³-hybridized carbons (Fsp3) is 0.385. The van der Waals surface area contributed by atoms with Gasteiger partial charge in [0.25, 0.3) is 11.5 Å². The van der Waals surface area contributed by atoms with Gasteiger partial charge < -0.3 is 19.8 Å². The van der Waals surface area contributed by atoms with Gasteiger partial charge in [-0.05, 0) is 62.6 Å². The number of unbranched alkanes of at least 4 members (excludes halogenated alkanes) is 2. The Morgan fingerprint density at radius 1 is 1.12 bits per heavy atom. The number of nitrogens with one attached hydrogen (secondary N) is 2. The van der Waals surface area contributed by atoms with E-state index in [9.17, 15) is 14.0 Å². The number of carbonyl (C=O) groups excluding carboxylic acids is 1. The van der Waals surface area contributed by atoms with Crippen LogP contribution in [0.2, 0.25) is 0 Å². The highest BCUT2D eigenvalue weighted by Crippen LogP contribution is 2.34. The second kappa shape index (κ2) is 10.5.